The summed E-state index contributed by atoms with van der Waals surface area (Å²) in [7, 11) is 0. The van der Waals surface area contributed by atoms with Crippen LogP contribution < -0.4 is 10.4 Å². The van der Waals surface area contributed by atoms with Gasteiger partial charge in [0.25, 0.3) is 0 Å². The SMILES string of the molecule is Cc1ccc(C[C@H](NC(=O)OC(C)(C)C)C(=O)[O-])c(C)c1. The Kier molecular flexibility index (Phi) is 5.35. The normalized spacial score (nSPS) is 12.6. The molecule has 0 saturated heterocycles. The highest BCUT2D eigenvalue weighted by Crippen LogP contribution is 2.13. The van der Waals surface area contributed by atoms with Gasteiger partial charge in [0, 0.05) is 0 Å². The number of amides is 1. The van der Waals surface area contributed by atoms with Crippen molar-refractivity contribution < 1.29 is 19.4 Å². The smallest absolute Gasteiger partial charge is 0.408 e. The second-order valence-electron chi connectivity index (χ2n) is 6.15. The molecule has 5 nitrogen and oxygen atoms in total. The van der Waals surface area contributed by atoms with E-state index in [9.17, 15) is 14.7 Å². The fraction of sp³-hybridized carbons (Fsp3) is 0.500. The zero-order chi connectivity index (χ0) is 16.2. The van der Waals surface area contributed by atoms with E-state index in [-0.39, 0.29) is 6.42 Å². The molecular formula is C16H22NO4-. The summed E-state index contributed by atoms with van der Waals surface area (Å²) in [6, 6.07) is 4.61. The molecule has 1 aromatic rings. The van der Waals surface area contributed by atoms with Gasteiger partial charge in [-0.3, -0.25) is 0 Å². The molecule has 0 spiro atoms. The van der Waals surface area contributed by atoms with E-state index >= 15 is 0 Å². The van der Waals surface area contributed by atoms with Gasteiger partial charge in [-0.1, -0.05) is 23.8 Å². The minimum Gasteiger partial charge on any atom is -0.548 e. The molecule has 0 aliphatic rings. The summed E-state index contributed by atoms with van der Waals surface area (Å²) in [5.74, 6) is -1.33. The maximum atomic E-state index is 11.7. The van der Waals surface area contributed by atoms with E-state index < -0.39 is 23.7 Å². The molecule has 0 unspecified atom stereocenters. The number of hydrogen-bond donors (Lipinski definition) is 1. The number of carbonyl (C=O) groups is 2. The van der Waals surface area contributed by atoms with Gasteiger partial charge in [0.05, 0.1) is 12.0 Å². The Morgan fingerprint density at radius 1 is 1.29 bits per heavy atom. The molecule has 21 heavy (non-hydrogen) atoms. The highest BCUT2D eigenvalue weighted by atomic mass is 16.6. The minimum atomic E-state index is -1.33. The fourth-order valence-corrected chi connectivity index (χ4v) is 1.94. The Balaban J connectivity index is 2.79. The summed E-state index contributed by atoms with van der Waals surface area (Å²) in [4.78, 5) is 22.9. The quantitative estimate of drug-likeness (QED) is 0.912. The molecular weight excluding hydrogens is 270 g/mol. The van der Waals surface area contributed by atoms with Crippen LogP contribution in [-0.4, -0.2) is 23.7 Å². The largest absolute Gasteiger partial charge is 0.548 e. The van der Waals surface area contributed by atoms with E-state index in [4.69, 9.17) is 4.74 Å². The lowest BCUT2D eigenvalue weighted by Crippen LogP contribution is -2.50. The van der Waals surface area contributed by atoms with Crippen LogP contribution in [0.25, 0.3) is 0 Å². The predicted octanol–water partition coefficient (Wildman–Crippen LogP) is 1.49. The third kappa shape index (κ3) is 5.85. The molecule has 0 aromatic heterocycles. The summed E-state index contributed by atoms with van der Waals surface area (Å²) < 4.78 is 5.06. The Bertz CT molecular complexity index is 532. The lowest BCUT2D eigenvalue weighted by molar-refractivity contribution is -0.308. The number of alkyl carbamates (subject to hydrolysis) is 1. The van der Waals surface area contributed by atoms with E-state index in [0.717, 1.165) is 16.7 Å². The molecule has 0 heterocycles. The molecule has 1 N–H and O–H groups in total. The van der Waals surface area contributed by atoms with Crippen LogP contribution in [0.15, 0.2) is 18.2 Å². The first-order valence-corrected chi connectivity index (χ1v) is 6.85. The molecule has 1 rings (SSSR count). The van der Waals surface area contributed by atoms with Crippen molar-refractivity contribution in [1.29, 1.82) is 0 Å². The first-order chi connectivity index (χ1) is 9.58. The van der Waals surface area contributed by atoms with Crippen LogP contribution in [0.3, 0.4) is 0 Å². The van der Waals surface area contributed by atoms with Crippen LogP contribution in [-0.2, 0) is 16.0 Å². The molecule has 1 atom stereocenters. The molecule has 0 radical (unpaired) electrons. The summed E-state index contributed by atoms with van der Waals surface area (Å²) in [5, 5.41) is 13.5. The van der Waals surface area contributed by atoms with Crippen LogP contribution in [0.2, 0.25) is 0 Å². The van der Waals surface area contributed by atoms with Crippen LogP contribution in [0.1, 0.15) is 37.5 Å². The van der Waals surface area contributed by atoms with Gasteiger partial charge in [-0.25, -0.2) is 4.79 Å². The van der Waals surface area contributed by atoms with Crippen molar-refractivity contribution in [1.82, 2.24) is 5.32 Å². The van der Waals surface area contributed by atoms with E-state index in [1.807, 2.05) is 32.0 Å². The Morgan fingerprint density at radius 3 is 2.38 bits per heavy atom. The van der Waals surface area contributed by atoms with Gasteiger partial charge in [-0.2, -0.15) is 0 Å². The van der Waals surface area contributed by atoms with E-state index in [2.05, 4.69) is 5.32 Å². The van der Waals surface area contributed by atoms with Crippen molar-refractivity contribution in [3.8, 4) is 0 Å². The van der Waals surface area contributed by atoms with Crippen LogP contribution in [0.5, 0.6) is 0 Å². The predicted molar refractivity (Wildman–Crippen MR) is 77.8 cm³/mol. The first kappa shape index (κ1) is 17.0. The van der Waals surface area contributed by atoms with Gasteiger partial charge in [0.1, 0.15) is 5.60 Å². The first-order valence-electron chi connectivity index (χ1n) is 6.85. The standard InChI is InChI=1S/C16H23NO4/c1-10-6-7-12(11(2)8-10)9-13(14(18)19)17-15(20)21-16(3,4)5/h6-8,13H,9H2,1-5H3,(H,17,20)(H,18,19)/p-1/t13-/m0/s1. The zero-order valence-electron chi connectivity index (χ0n) is 13.1. The fourth-order valence-electron chi connectivity index (χ4n) is 1.94. The van der Waals surface area contributed by atoms with E-state index in [1.54, 1.807) is 20.8 Å². The highest BCUT2D eigenvalue weighted by molar-refractivity contribution is 5.79. The van der Waals surface area contributed by atoms with E-state index in [0.29, 0.717) is 0 Å². The van der Waals surface area contributed by atoms with Crippen LogP contribution in [0.4, 0.5) is 4.79 Å². The highest BCUT2D eigenvalue weighted by Gasteiger charge is 2.20. The molecule has 0 fully saturated rings. The topological polar surface area (TPSA) is 78.5 Å². The van der Waals surface area contributed by atoms with Gasteiger partial charge in [0.2, 0.25) is 0 Å². The second-order valence-corrected chi connectivity index (χ2v) is 6.15. The maximum absolute atomic E-state index is 11.7. The number of hydrogen-bond acceptors (Lipinski definition) is 4. The van der Waals surface area contributed by atoms with Gasteiger partial charge >= 0.3 is 6.09 Å². The summed E-state index contributed by atoms with van der Waals surface area (Å²) in [5.41, 5.74) is 2.25. The third-order valence-corrected chi connectivity index (χ3v) is 2.90. The zero-order valence-corrected chi connectivity index (χ0v) is 13.1. The molecule has 116 valence electrons. The molecule has 0 bridgehead atoms. The van der Waals surface area contributed by atoms with Crippen molar-refractivity contribution in [3.05, 3.63) is 34.9 Å². The van der Waals surface area contributed by atoms with Crippen molar-refractivity contribution in [2.24, 2.45) is 0 Å². The molecule has 0 aliphatic carbocycles. The third-order valence-electron chi connectivity index (χ3n) is 2.90. The Labute approximate surface area is 125 Å². The number of carboxylic acid groups (broad SMARTS) is 1. The van der Waals surface area contributed by atoms with E-state index in [1.165, 1.54) is 0 Å². The van der Waals surface area contributed by atoms with Gasteiger partial charge in [-0.05, 0) is 52.2 Å². The van der Waals surface area contributed by atoms with Gasteiger partial charge in [-0.15, -0.1) is 0 Å². The summed E-state index contributed by atoms with van der Waals surface area (Å²) in [6.07, 6.45) is -0.602. The lowest BCUT2D eigenvalue weighted by Gasteiger charge is -2.24. The number of nitrogens with one attached hydrogen (secondary N) is 1. The summed E-state index contributed by atoms with van der Waals surface area (Å²) >= 11 is 0. The van der Waals surface area contributed by atoms with Crippen molar-refractivity contribution in [2.75, 3.05) is 0 Å². The van der Waals surface area contributed by atoms with Crippen molar-refractivity contribution >= 4 is 12.1 Å². The lowest BCUT2D eigenvalue weighted by atomic mass is 9.99. The monoisotopic (exact) mass is 292 g/mol. The number of ether oxygens (including phenoxy) is 1. The van der Waals surface area contributed by atoms with Crippen molar-refractivity contribution in [2.45, 2.75) is 52.7 Å². The average Bonchev–Trinajstić information content (AvgIpc) is 2.28. The van der Waals surface area contributed by atoms with Crippen LogP contribution >= 0.6 is 0 Å². The molecule has 0 aliphatic heterocycles. The van der Waals surface area contributed by atoms with Gasteiger partial charge in [0.15, 0.2) is 0 Å². The average molecular weight is 292 g/mol. The molecule has 1 aromatic carbocycles. The molecule has 1 amide bonds. The second kappa shape index (κ2) is 6.61. The van der Waals surface area contributed by atoms with Crippen molar-refractivity contribution in [3.63, 3.8) is 0 Å². The number of aryl methyl sites for hydroxylation is 2. The number of benzene rings is 1. The summed E-state index contributed by atoms with van der Waals surface area (Å²) in [6.45, 7) is 9.01. The van der Waals surface area contributed by atoms with Crippen LogP contribution in [0, 0.1) is 13.8 Å². The number of rotatable bonds is 4. The number of aliphatic carboxylic acids is 1. The maximum Gasteiger partial charge on any atom is 0.408 e. The molecule has 5 heteroatoms. The van der Waals surface area contributed by atoms with Gasteiger partial charge < -0.3 is 20.0 Å². The Morgan fingerprint density at radius 2 is 1.90 bits per heavy atom. The number of carboxylic acids is 1. The molecule has 0 saturated carbocycles. The Hall–Kier alpha value is -2.04. The minimum absolute atomic E-state index is 0.160. The number of carbonyl (C=O) groups excluding carboxylic acids is 2.